The van der Waals surface area contributed by atoms with E-state index in [0.717, 1.165) is 18.2 Å². The van der Waals surface area contributed by atoms with E-state index >= 15 is 0 Å². The number of nitrogens with zero attached hydrogens (tertiary/aromatic N) is 1. The van der Waals surface area contributed by atoms with Gasteiger partial charge in [-0.25, -0.2) is 4.39 Å². The molecule has 0 bridgehead atoms. The van der Waals surface area contributed by atoms with E-state index in [1.807, 2.05) is 0 Å². The average molecular weight is 345 g/mol. The van der Waals surface area contributed by atoms with Crippen molar-refractivity contribution in [3.05, 3.63) is 47.8 Å². The first-order chi connectivity index (χ1) is 11.3. The summed E-state index contributed by atoms with van der Waals surface area (Å²) < 4.78 is 51.8. The van der Waals surface area contributed by atoms with Gasteiger partial charge < -0.3 is 10.0 Å². The maximum Gasteiger partial charge on any atom is 0.416 e. The Hall–Kier alpha value is -1.89. The van der Waals surface area contributed by atoms with Crippen LogP contribution in [0.3, 0.4) is 0 Å². The van der Waals surface area contributed by atoms with Crippen LogP contribution in [0.5, 0.6) is 0 Å². The Kier molecular flexibility index (Phi) is 5.64. The minimum absolute atomic E-state index is 0.0313. The van der Waals surface area contributed by atoms with Gasteiger partial charge >= 0.3 is 6.18 Å². The molecule has 0 unspecified atom stereocenters. The number of carbonyl (C=O) groups is 1. The molecule has 1 aromatic rings. The average Bonchev–Trinajstić information content (AvgIpc) is 2.48. The summed E-state index contributed by atoms with van der Waals surface area (Å²) in [5.74, 6) is -1.07. The predicted molar refractivity (Wildman–Crippen MR) is 80.4 cm³/mol. The molecule has 24 heavy (non-hydrogen) atoms. The lowest BCUT2D eigenvalue weighted by molar-refractivity contribution is -0.138. The third kappa shape index (κ3) is 4.14. The monoisotopic (exact) mass is 345 g/mol. The molecular weight excluding hydrogens is 326 g/mol. The molecule has 0 aliphatic heterocycles. The van der Waals surface area contributed by atoms with Crippen LogP contribution in [0.2, 0.25) is 0 Å². The fraction of sp³-hybridized carbons (Fsp3) is 0.471. The van der Waals surface area contributed by atoms with Gasteiger partial charge in [0.25, 0.3) is 0 Å². The van der Waals surface area contributed by atoms with Gasteiger partial charge in [0, 0.05) is 24.8 Å². The number of hydrogen-bond donors (Lipinski definition) is 1. The maximum atomic E-state index is 14.0. The van der Waals surface area contributed by atoms with E-state index in [-0.39, 0.29) is 30.7 Å². The SMILES string of the molecule is C=CC(=O)N(Cc1ccc(C(F)(F)F)cc1F)C1CC(CCO)C1. The Balaban J connectivity index is 2.13. The first-order valence-electron chi connectivity index (χ1n) is 7.65. The van der Waals surface area contributed by atoms with Crippen LogP contribution >= 0.6 is 0 Å². The predicted octanol–water partition coefficient (Wildman–Crippen LogP) is 3.52. The summed E-state index contributed by atoms with van der Waals surface area (Å²) in [5, 5.41) is 8.91. The van der Waals surface area contributed by atoms with Crippen molar-refractivity contribution >= 4 is 5.91 Å². The molecular formula is C17H19F4NO2. The molecule has 7 heteroatoms. The van der Waals surface area contributed by atoms with Crippen molar-refractivity contribution in [2.24, 2.45) is 5.92 Å². The van der Waals surface area contributed by atoms with Crippen LogP contribution in [0.25, 0.3) is 0 Å². The number of alkyl halides is 3. The number of aliphatic hydroxyl groups is 1. The molecule has 1 N–H and O–H groups in total. The minimum atomic E-state index is -4.61. The molecule has 1 aliphatic carbocycles. The quantitative estimate of drug-likeness (QED) is 0.633. The Morgan fingerprint density at radius 1 is 1.38 bits per heavy atom. The van der Waals surface area contributed by atoms with E-state index in [2.05, 4.69) is 6.58 Å². The highest BCUT2D eigenvalue weighted by Gasteiger charge is 2.36. The summed E-state index contributed by atoms with van der Waals surface area (Å²) >= 11 is 0. The van der Waals surface area contributed by atoms with Gasteiger partial charge in [-0.1, -0.05) is 12.6 Å². The smallest absolute Gasteiger partial charge is 0.396 e. The number of halogens is 4. The number of carbonyl (C=O) groups excluding carboxylic acids is 1. The molecule has 1 aliphatic rings. The fourth-order valence-electron chi connectivity index (χ4n) is 2.91. The van der Waals surface area contributed by atoms with E-state index in [4.69, 9.17) is 5.11 Å². The van der Waals surface area contributed by atoms with Gasteiger partial charge in [0.2, 0.25) is 5.91 Å². The van der Waals surface area contributed by atoms with Crippen molar-refractivity contribution in [1.82, 2.24) is 4.90 Å². The van der Waals surface area contributed by atoms with Crippen molar-refractivity contribution in [2.75, 3.05) is 6.61 Å². The number of benzene rings is 1. The molecule has 1 fully saturated rings. The van der Waals surface area contributed by atoms with Gasteiger partial charge in [0.15, 0.2) is 0 Å². The lowest BCUT2D eigenvalue weighted by atomic mass is 9.77. The van der Waals surface area contributed by atoms with Crippen molar-refractivity contribution in [1.29, 1.82) is 0 Å². The van der Waals surface area contributed by atoms with Gasteiger partial charge in [-0.3, -0.25) is 4.79 Å². The van der Waals surface area contributed by atoms with Gasteiger partial charge in [-0.05, 0) is 43.4 Å². The summed E-state index contributed by atoms with van der Waals surface area (Å²) in [7, 11) is 0. The molecule has 0 aromatic heterocycles. The van der Waals surface area contributed by atoms with E-state index in [1.165, 1.54) is 4.90 Å². The number of amides is 1. The summed E-state index contributed by atoms with van der Waals surface area (Å²) in [6.07, 6.45) is -1.49. The van der Waals surface area contributed by atoms with Crippen molar-refractivity contribution in [3.63, 3.8) is 0 Å². The minimum Gasteiger partial charge on any atom is -0.396 e. The first kappa shape index (κ1) is 18.4. The highest BCUT2D eigenvalue weighted by Crippen LogP contribution is 2.36. The standard InChI is InChI=1S/C17H19F4NO2/c1-2-16(24)22(14-7-11(8-14)5-6-23)10-12-3-4-13(9-15(12)18)17(19,20)21/h2-4,9,11,14,23H,1,5-8,10H2. The van der Waals surface area contributed by atoms with Crippen LogP contribution in [0, 0.1) is 11.7 Å². The van der Waals surface area contributed by atoms with Gasteiger partial charge in [-0.2, -0.15) is 13.2 Å². The van der Waals surface area contributed by atoms with Crippen LogP contribution < -0.4 is 0 Å². The summed E-state index contributed by atoms with van der Waals surface area (Å²) in [6, 6.07) is 2.20. The van der Waals surface area contributed by atoms with Crippen LogP contribution in [-0.2, 0) is 17.5 Å². The third-order valence-corrected chi connectivity index (χ3v) is 4.37. The molecule has 0 radical (unpaired) electrons. The Morgan fingerprint density at radius 3 is 2.54 bits per heavy atom. The second kappa shape index (κ2) is 7.34. The topological polar surface area (TPSA) is 40.5 Å². The summed E-state index contributed by atoms with van der Waals surface area (Å²) in [6.45, 7) is 3.38. The Labute approximate surface area is 137 Å². The van der Waals surface area contributed by atoms with E-state index in [9.17, 15) is 22.4 Å². The molecule has 0 saturated heterocycles. The molecule has 0 spiro atoms. The summed E-state index contributed by atoms with van der Waals surface area (Å²) in [4.78, 5) is 13.4. The summed E-state index contributed by atoms with van der Waals surface area (Å²) in [5.41, 5.74) is -1.03. The number of hydrogen-bond acceptors (Lipinski definition) is 2. The fourth-order valence-corrected chi connectivity index (χ4v) is 2.91. The van der Waals surface area contributed by atoms with Gasteiger partial charge in [-0.15, -0.1) is 0 Å². The van der Waals surface area contributed by atoms with Crippen LogP contribution in [0.15, 0.2) is 30.9 Å². The van der Waals surface area contributed by atoms with Crippen molar-refractivity contribution in [2.45, 2.75) is 38.0 Å². The largest absolute Gasteiger partial charge is 0.416 e. The molecule has 1 aromatic carbocycles. The molecule has 0 heterocycles. The molecule has 132 valence electrons. The number of aliphatic hydroxyl groups excluding tert-OH is 1. The maximum absolute atomic E-state index is 14.0. The van der Waals surface area contributed by atoms with Gasteiger partial charge in [0.05, 0.1) is 5.56 Å². The molecule has 1 saturated carbocycles. The van der Waals surface area contributed by atoms with E-state index < -0.39 is 17.6 Å². The van der Waals surface area contributed by atoms with Crippen molar-refractivity contribution < 1.29 is 27.5 Å². The zero-order chi connectivity index (χ0) is 17.9. The highest BCUT2D eigenvalue weighted by atomic mass is 19.4. The molecule has 2 rings (SSSR count). The Bertz CT molecular complexity index is 609. The van der Waals surface area contributed by atoms with E-state index in [1.54, 1.807) is 0 Å². The number of rotatable bonds is 6. The second-order valence-corrected chi connectivity index (χ2v) is 5.98. The van der Waals surface area contributed by atoms with Gasteiger partial charge in [0.1, 0.15) is 5.82 Å². The molecule has 0 atom stereocenters. The van der Waals surface area contributed by atoms with Crippen molar-refractivity contribution in [3.8, 4) is 0 Å². The normalized spacial score (nSPS) is 20.4. The second-order valence-electron chi connectivity index (χ2n) is 5.98. The highest BCUT2D eigenvalue weighted by molar-refractivity contribution is 5.87. The van der Waals surface area contributed by atoms with Crippen LogP contribution in [-0.4, -0.2) is 28.6 Å². The lowest BCUT2D eigenvalue weighted by Gasteiger charge is -2.42. The van der Waals surface area contributed by atoms with E-state index in [0.29, 0.717) is 31.2 Å². The Morgan fingerprint density at radius 2 is 2.04 bits per heavy atom. The zero-order valence-electron chi connectivity index (χ0n) is 13.0. The molecule has 1 amide bonds. The van der Waals surface area contributed by atoms with Crippen LogP contribution in [0.1, 0.15) is 30.4 Å². The zero-order valence-corrected chi connectivity index (χ0v) is 13.0. The first-order valence-corrected chi connectivity index (χ1v) is 7.65. The van der Waals surface area contributed by atoms with Crippen LogP contribution in [0.4, 0.5) is 17.6 Å². The lowest BCUT2D eigenvalue weighted by Crippen LogP contribution is -2.47. The third-order valence-electron chi connectivity index (χ3n) is 4.37. The molecule has 3 nitrogen and oxygen atoms in total.